The van der Waals surface area contributed by atoms with Crippen molar-refractivity contribution in [3.05, 3.63) is 30.1 Å². The molecular formula is C9H12N2O2. The van der Waals surface area contributed by atoms with Crippen LogP contribution < -0.4 is 0 Å². The Labute approximate surface area is 76.8 Å². The maximum Gasteiger partial charge on any atom is 0.255 e. The van der Waals surface area contributed by atoms with E-state index in [1.165, 1.54) is 11.1 Å². The minimum atomic E-state index is -0.123. The minimum absolute atomic E-state index is 0.0253. The third-order valence-corrected chi connectivity index (χ3v) is 1.69. The molecule has 0 aliphatic heterocycles. The zero-order chi connectivity index (χ0) is 9.68. The van der Waals surface area contributed by atoms with Gasteiger partial charge < -0.3 is 10.0 Å². The van der Waals surface area contributed by atoms with Crippen LogP contribution in [-0.4, -0.2) is 41.1 Å². The fourth-order valence-corrected chi connectivity index (χ4v) is 0.961. The molecule has 0 radical (unpaired) electrons. The third-order valence-electron chi connectivity index (χ3n) is 1.69. The van der Waals surface area contributed by atoms with E-state index in [9.17, 15) is 4.79 Å². The number of likely N-dealkylation sites (N-methyl/N-ethyl adjacent to an activating group) is 1. The fourth-order valence-electron chi connectivity index (χ4n) is 0.961. The van der Waals surface area contributed by atoms with Crippen LogP contribution in [0.4, 0.5) is 0 Å². The van der Waals surface area contributed by atoms with Crippen LogP contribution >= 0.6 is 0 Å². The van der Waals surface area contributed by atoms with Gasteiger partial charge in [-0.3, -0.25) is 9.78 Å². The van der Waals surface area contributed by atoms with E-state index in [1.807, 2.05) is 0 Å². The Kier molecular flexibility index (Phi) is 3.40. The highest BCUT2D eigenvalue weighted by Crippen LogP contribution is 1.99. The van der Waals surface area contributed by atoms with Crippen molar-refractivity contribution in [1.82, 2.24) is 9.88 Å². The summed E-state index contributed by atoms with van der Waals surface area (Å²) in [4.78, 5) is 16.8. The molecule has 1 aromatic rings. The molecule has 0 bridgehead atoms. The maximum absolute atomic E-state index is 11.5. The highest BCUT2D eigenvalue weighted by molar-refractivity contribution is 5.93. The number of amides is 1. The lowest BCUT2D eigenvalue weighted by molar-refractivity contribution is 0.0766. The highest BCUT2D eigenvalue weighted by atomic mass is 16.3. The summed E-state index contributed by atoms with van der Waals surface area (Å²) in [6.07, 6.45) is 3.12. The van der Waals surface area contributed by atoms with E-state index < -0.39 is 0 Å². The van der Waals surface area contributed by atoms with E-state index in [-0.39, 0.29) is 12.5 Å². The average molecular weight is 180 g/mol. The van der Waals surface area contributed by atoms with Crippen molar-refractivity contribution in [2.24, 2.45) is 0 Å². The number of aliphatic hydroxyl groups excluding tert-OH is 1. The van der Waals surface area contributed by atoms with E-state index in [4.69, 9.17) is 5.11 Å². The van der Waals surface area contributed by atoms with Crippen LogP contribution in [0, 0.1) is 0 Å². The van der Waals surface area contributed by atoms with Gasteiger partial charge in [0.1, 0.15) is 0 Å². The number of nitrogens with zero attached hydrogens (tertiary/aromatic N) is 2. The lowest BCUT2D eigenvalue weighted by atomic mass is 10.2. The summed E-state index contributed by atoms with van der Waals surface area (Å²) in [5.41, 5.74) is 0.540. The molecule has 1 rings (SSSR count). The van der Waals surface area contributed by atoms with Gasteiger partial charge in [-0.1, -0.05) is 0 Å². The molecule has 0 aliphatic rings. The lowest BCUT2D eigenvalue weighted by Gasteiger charge is -2.14. The minimum Gasteiger partial charge on any atom is -0.395 e. The van der Waals surface area contributed by atoms with Crippen LogP contribution in [0.15, 0.2) is 24.5 Å². The number of aliphatic hydroxyl groups is 1. The number of pyridine rings is 1. The molecule has 0 saturated carbocycles. The largest absolute Gasteiger partial charge is 0.395 e. The number of rotatable bonds is 3. The Balaban J connectivity index is 2.68. The zero-order valence-corrected chi connectivity index (χ0v) is 7.47. The van der Waals surface area contributed by atoms with E-state index in [1.54, 1.807) is 25.4 Å². The Morgan fingerprint density at radius 3 is 3.00 bits per heavy atom. The normalized spacial score (nSPS) is 9.69. The molecule has 0 spiro atoms. The highest BCUT2D eigenvalue weighted by Gasteiger charge is 2.09. The van der Waals surface area contributed by atoms with Gasteiger partial charge in [-0.05, 0) is 12.1 Å². The van der Waals surface area contributed by atoms with Gasteiger partial charge in [-0.2, -0.15) is 0 Å². The Morgan fingerprint density at radius 2 is 2.46 bits per heavy atom. The van der Waals surface area contributed by atoms with Crippen LogP contribution in [0.1, 0.15) is 10.4 Å². The molecule has 0 aromatic carbocycles. The van der Waals surface area contributed by atoms with E-state index >= 15 is 0 Å². The van der Waals surface area contributed by atoms with Crippen LogP contribution in [-0.2, 0) is 0 Å². The predicted molar refractivity (Wildman–Crippen MR) is 48.3 cm³/mol. The monoisotopic (exact) mass is 180 g/mol. The number of hydrogen-bond acceptors (Lipinski definition) is 3. The Bertz CT molecular complexity index is 274. The van der Waals surface area contributed by atoms with Gasteiger partial charge in [0.05, 0.1) is 12.2 Å². The van der Waals surface area contributed by atoms with Gasteiger partial charge in [0, 0.05) is 26.0 Å². The number of carbonyl (C=O) groups is 1. The second-order valence-electron chi connectivity index (χ2n) is 2.69. The molecule has 1 aromatic heterocycles. The molecule has 70 valence electrons. The van der Waals surface area contributed by atoms with Crippen LogP contribution in [0.2, 0.25) is 0 Å². The molecule has 0 fully saturated rings. The van der Waals surface area contributed by atoms with Crippen LogP contribution in [0.5, 0.6) is 0 Å². The second kappa shape index (κ2) is 4.57. The van der Waals surface area contributed by atoms with E-state index in [0.717, 1.165) is 0 Å². The van der Waals surface area contributed by atoms with Crippen molar-refractivity contribution in [2.45, 2.75) is 0 Å². The number of hydrogen-bond donors (Lipinski definition) is 1. The average Bonchev–Trinajstić information content (AvgIpc) is 2.18. The summed E-state index contributed by atoms with van der Waals surface area (Å²) in [7, 11) is 1.64. The Hall–Kier alpha value is -1.42. The molecule has 4 heteroatoms. The van der Waals surface area contributed by atoms with E-state index in [2.05, 4.69) is 4.98 Å². The Morgan fingerprint density at radius 1 is 1.69 bits per heavy atom. The molecule has 4 nitrogen and oxygen atoms in total. The van der Waals surface area contributed by atoms with Crippen LogP contribution in [0.3, 0.4) is 0 Å². The molecular weight excluding hydrogens is 168 g/mol. The molecule has 1 amide bonds. The maximum atomic E-state index is 11.5. The van der Waals surface area contributed by atoms with Gasteiger partial charge in [0.15, 0.2) is 0 Å². The summed E-state index contributed by atoms with van der Waals surface area (Å²) in [6.45, 7) is 0.316. The molecule has 13 heavy (non-hydrogen) atoms. The first kappa shape index (κ1) is 9.67. The van der Waals surface area contributed by atoms with Crippen molar-refractivity contribution in [2.75, 3.05) is 20.2 Å². The smallest absolute Gasteiger partial charge is 0.255 e. The third kappa shape index (κ3) is 2.52. The first-order valence-electron chi connectivity index (χ1n) is 4.02. The zero-order valence-electron chi connectivity index (χ0n) is 7.47. The number of aromatic nitrogens is 1. The van der Waals surface area contributed by atoms with E-state index in [0.29, 0.717) is 12.1 Å². The van der Waals surface area contributed by atoms with Gasteiger partial charge in [-0.15, -0.1) is 0 Å². The molecule has 1 N–H and O–H groups in total. The standard InChI is InChI=1S/C9H12N2O2/c1-11(5-6-12)9(13)8-3-2-4-10-7-8/h2-4,7,12H,5-6H2,1H3. The summed E-state index contributed by atoms with van der Waals surface area (Å²) in [5, 5.41) is 8.62. The fraction of sp³-hybridized carbons (Fsp3) is 0.333. The van der Waals surface area contributed by atoms with Gasteiger partial charge in [-0.25, -0.2) is 0 Å². The van der Waals surface area contributed by atoms with Gasteiger partial charge >= 0.3 is 0 Å². The van der Waals surface area contributed by atoms with Crippen molar-refractivity contribution in [3.8, 4) is 0 Å². The quantitative estimate of drug-likeness (QED) is 0.720. The molecule has 1 heterocycles. The van der Waals surface area contributed by atoms with Crippen molar-refractivity contribution >= 4 is 5.91 Å². The lowest BCUT2D eigenvalue weighted by Crippen LogP contribution is -2.29. The molecule has 0 saturated heterocycles. The number of carbonyl (C=O) groups excluding carboxylic acids is 1. The summed E-state index contributed by atoms with van der Waals surface area (Å²) in [5.74, 6) is -0.123. The summed E-state index contributed by atoms with van der Waals surface area (Å²) >= 11 is 0. The van der Waals surface area contributed by atoms with Gasteiger partial charge in [0.25, 0.3) is 5.91 Å². The van der Waals surface area contributed by atoms with Crippen molar-refractivity contribution < 1.29 is 9.90 Å². The van der Waals surface area contributed by atoms with Crippen molar-refractivity contribution in [1.29, 1.82) is 0 Å². The van der Waals surface area contributed by atoms with Crippen molar-refractivity contribution in [3.63, 3.8) is 0 Å². The first-order valence-corrected chi connectivity index (χ1v) is 4.02. The summed E-state index contributed by atoms with van der Waals surface area (Å²) in [6, 6.07) is 3.41. The topological polar surface area (TPSA) is 53.4 Å². The molecule has 0 atom stereocenters. The SMILES string of the molecule is CN(CCO)C(=O)c1cccnc1. The predicted octanol–water partition coefficient (Wildman–Crippen LogP) is 0.146. The van der Waals surface area contributed by atoms with Gasteiger partial charge in [0.2, 0.25) is 0 Å². The first-order chi connectivity index (χ1) is 6.25. The van der Waals surface area contributed by atoms with Crippen LogP contribution in [0.25, 0.3) is 0 Å². The summed E-state index contributed by atoms with van der Waals surface area (Å²) < 4.78 is 0. The molecule has 0 unspecified atom stereocenters. The molecule has 0 aliphatic carbocycles. The second-order valence-corrected chi connectivity index (χ2v) is 2.69.